The minimum Gasteiger partial charge on any atom is -0.0625 e. The zero-order chi connectivity index (χ0) is 72.3. The third kappa shape index (κ3) is 37.4. The molecule has 0 heteroatoms. The summed E-state index contributed by atoms with van der Waals surface area (Å²) >= 11 is 0. The second-order valence-electron chi connectivity index (χ2n) is 37.2. The number of rotatable bonds is 6. The maximum absolute atomic E-state index is 2.47. The summed E-state index contributed by atoms with van der Waals surface area (Å²) in [4.78, 5) is 0. The summed E-state index contributed by atoms with van der Waals surface area (Å²) in [5.41, 5.74) is 12.2. The molecule has 0 radical (unpaired) electrons. The number of aryl methyl sites for hydroxylation is 9. The predicted molar refractivity (Wildman–Crippen MR) is 441 cm³/mol. The number of hydrogen-bond acceptors (Lipinski definition) is 0. The average molecular weight is 1340 g/mol. The average Bonchev–Trinajstić information content (AvgIpc) is 0.985. The summed E-state index contributed by atoms with van der Waals surface area (Å²) in [5.74, 6) is 20.4. The van der Waals surface area contributed by atoms with Crippen LogP contribution in [0.4, 0.5) is 0 Å². The minimum atomic E-state index is 0.980. The van der Waals surface area contributed by atoms with E-state index in [-0.39, 0.29) is 0 Å². The molecule has 0 aliphatic heterocycles. The van der Waals surface area contributed by atoms with Crippen LogP contribution in [-0.2, 0) is 0 Å². The zero-order valence-corrected chi connectivity index (χ0v) is 69.6. The van der Waals surface area contributed by atoms with Crippen LogP contribution in [0.5, 0.6) is 0 Å². The van der Waals surface area contributed by atoms with Crippen LogP contribution in [0, 0.1) is 181 Å². The van der Waals surface area contributed by atoms with E-state index in [2.05, 4.69) is 250 Å². The fourth-order valence-electron chi connectivity index (χ4n) is 18.2. The van der Waals surface area contributed by atoms with Crippen molar-refractivity contribution in [2.45, 2.75) is 358 Å². The molecule has 14 unspecified atom stereocenters. The second-order valence-corrected chi connectivity index (χ2v) is 37.2. The number of hydrogen-bond donors (Lipinski definition) is 0. The molecule has 0 amide bonds. The van der Waals surface area contributed by atoms with Crippen molar-refractivity contribution in [3.63, 3.8) is 0 Å². The summed E-state index contributed by atoms with van der Waals surface area (Å²) in [6.07, 6.45) is 46.7. The molecule has 8 saturated carbocycles. The van der Waals surface area contributed by atoms with Gasteiger partial charge in [0.1, 0.15) is 0 Å². The highest BCUT2D eigenvalue weighted by Gasteiger charge is 2.32. The van der Waals surface area contributed by atoms with Gasteiger partial charge in [0.15, 0.2) is 0 Å². The molecule has 0 spiro atoms. The maximum Gasteiger partial charge on any atom is -0.0395 e. The molecule has 0 aromatic heterocycles. The van der Waals surface area contributed by atoms with Gasteiger partial charge in [0.2, 0.25) is 0 Å². The third-order valence-corrected chi connectivity index (χ3v) is 27.1. The van der Waals surface area contributed by atoms with Gasteiger partial charge in [0, 0.05) is 0 Å². The highest BCUT2D eigenvalue weighted by atomic mass is 14.4. The van der Waals surface area contributed by atoms with E-state index in [0.29, 0.717) is 0 Å². The molecular formula is C98H166. The molecular weight excluding hydrogens is 1180 g/mol. The van der Waals surface area contributed by atoms with E-state index >= 15 is 0 Å². The van der Waals surface area contributed by atoms with Crippen LogP contribution in [0.15, 0.2) is 91.0 Å². The van der Waals surface area contributed by atoms with Gasteiger partial charge >= 0.3 is 0 Å². The van der Waals surface area contributed by atoms with Crippen LogP contribution in [0.2, 0.25) is 0 Å². The first-order valence-electron chi connectivity index (χ1n) is 42.6. The van der Waals surface area contributed by atoms with E-state index in [1.165, 1.54) is 230 Å². The molecule has 0 N–H and O–H groups in total. The summed E-state index contributed by atoms with van der Waals surface area (Å²) in [5, 5.41) is 0. The van der Waals surface area contributed by atoms with Crippen molar-refractivity contribution in [3.8, 4) is 0 Å². The topological polar surface area (TPSA) is 0 Å². The van der Waals surface area contributed by atoms with Gasteiger partial charge in [-0.1, -0.05) is 363 Å². The van der Waals surface area contributed by atoms with Gasteiger partial charge in [-0.25, -0.2) is 0 Å². The van der Waals surface area contributed by atoms with Crippen molar-refractivity contribution >= 4 is 0 Å². The van der Waals surface area contributed by atoms with E-state index < -0.39 is 0 Å². The van der Waals surface area contributed by atoms with E-state index in [9.17, 15) is 0 Å². The first kappa shape index (κ1) is 87.3. The summed E-state index contributed by atoms with van der Waals surface area (Å²) in [6.45, 7) is 53.1. The molecule has 4 aromatic carbocycles. The Labute approximate surface area is 614 Å². The molecule has 0 nitrogen and oxygen atoms in total. The molecule has 12 rings (SSSR count). The lowest BCUT2D eigenvalue weighted by atomic mass is 9.68. The molecule has 0 bridgehead atoms. The summed E-state index contributed by atoms with van der Waals surface area (Å²) in [7, 11) is 0. The van der Waals surface area contributed by atoms with Gasteiger partial charge in [-0.05, 0) is 254 Å². The predicted octanol–water partition coefficient (Wildman–Crippen LogP) is 31.3. The Morgan fingerprint density at radius 1 is 0.204 bits per heavy atom. The van der Waals surface area contributed by atoms with Crippen LogP contribution >= 0.6 is 0 Å². The first-order valence-corrected chi connectivity index (χ1v) is 42.6. The molecule has 98 heavy (non-hydrogen) atoms. The highest BCUT2D eigenvalue weighted by Crippen LogP contribution is 2.44. The minimum absolute atomic E-state index is 0.980. The molecule has 8 fully saturated rings. The van der Waals surface area contributed by atoms with E-state index in [4.69, 9.17) is 0 Å². The summed E-state index contributed by atoms with van der Waals surface area (Å²) in [6, 6.07) is 31.8. The Balaban J connectivity index is 0.000000239. The molecule has 8 aliphatic carbocycles. The van der Waals surface area contributed by atoms with Crippen LogP contribution in [0.3, 0.4) is 0 Å². The highest BCUT2D eigenvalue weighted by molar-refractivity contribution is 5.29. The number of benzene rings is 4. The fourth-order valence-corrected chi connectivity index (χ4v) is 18.2. The maximum atomic E-state index is 2.47. The Morgan fingerprint density at radius 2 is 0.469 bits per heavy atom. The Bertz CT molecular complexity index is 2410. The van der Waals surface area contributed by atoms with Gasteiger partial charge in [0.05, 0.1) is 0 Å². The van der Waals surface area contributed by atoms with Crippen LogP contribution in [-0.4, -0.2) is 0 Å². The monoisotopic (exact) mass is 1340 g/mol. The zero-order valence-electron chi connectivity index (χ0n) is 69.6. The fraction of sp³-hybridized carbons (Fsp3) is 0.755. The van der Waals surface area contributed by atoms with Gasteiger partial charge < -0.3 is 0 Å². The molecule has 8 aliphatic rings. The molecule has 0 saturated heterocycles. The van der Waals surface area contributed by atoms with Gasteiger partial charge in [0.25, 0.3) is 0 Å². The van der Waals surface area contributed by atoms with Crippen LogP contribution < -0.4 is 0 Å². The molecule has 14 atom stereocenters. The van der Waals surface area contributed by atoms with Crippen molar-refractivity contribution < 1.29 is 0 Å². The summed E-state index contributed by atoms with van der Waals surface area (Å²) < 4.78 is 0. The quantitative estimate of drug-likeness (QED) is 0.180. The SMILES string of the molecule is CC1CCC(C)CC1.CC1CCC(CC2CCC(C)C(C)C2)CC1C.CC1CCC(CC2CCC(C)C(C)C2)CC1C.CC1CCC(CC2CCC(C)CC2)CC1.CC1CCCC(C)C1.Cc1ccc(C)c(C)c1.Cc1ccc(C)cc1.Cc1cccc(C)c1.Cc1ccccc1C. The van der Waals surface area contributed by atoms with Crippen molar-refractivity contribution in [2.24, 2.45) is 118 Å². The lowest BCUT2D eigenvalue weighted by Gasteiger charge is -2.37. The lowest BCUT2D eigenvalue weighted by Crippen LogP contribution is -2.26. The molecule has 0 heterocycles. The van der Waals surface area contributed by atoms with Crippen LogP contribution in [0.25, 0.3) is 0 Å². The van der Waals surface area contributed by atoms with Gasteiger partial charge in [-0.3, -0.25) is 0 Å². The van der Waals surface area contributed by atoms with E-state index in [0.717, 1.165) is 118 Å². The van der Waals surface area contributed by atoms with Crippen molar-refractivity contribution in [3.05, 3.63) is 141 Å². The van der Waals surface area contributed by atoms with E-state index in [1.54, 1.807) is 19.3 Å². The largest absolute Gasteiger partial charge is 0.0625 e. The lowest BCUT2D eigenvalue weighted by molar-refractivity contribution is 0.139. The van der Waals surface area contributed by atoms with Crippen molar-refractivity contribution in [1.29, 1.82) is 0 Å². The second kappa shape index (κ2) is 48.0. The van der Waals surface area contributed by atoms with Crippen molar-refractivity contribution in [2.75, 3.05) is 0 Å². The Kier molecular flexibility index (Phi) is 42.8. The molecule has 4 aromatic rings. The standard InChI is InChI=1S/2C17H32.C15H28.C9H12.C8H16.C8H10.C8H16.2C8H10/c2*1-12-5-7-16(9-14(12)3)11-17-8-6-13(2)15(4)10-17;1-12-3-7-14(8-4-12)11-15-9-5-13(2)6-10-15;1-7-4-5-8(2)9(3)6-7;2*1-7-3-5-8(2)6-4-7;2*1-7-4-3-5-8(2)6-7;1-7-5-3-4-6-8(7)2/h2*12-17H,5-11H2,1-4H3;12-15H,3-11H2,1-2H3;4-6H,1-3H3;7-8H,3-6H2,1-2H3;3-6H,1-2H3;7-8H,3-6H2,1-2H3;2*3-6H,1-2H3. The molecule has 558 valence electrons. The van der Waals surface area contributed by atoms with Gasteiger partial charge in [-0.2, -0.15) is 0 Å². The Morgan fingerprint density at radius 3 is 0.714 bits per heavy atom. The van der Waals surface area contributed by atoms with E-state index in [1.807, 2.05) is 0 Å². The van der Waals surface area contributed by atoms with Crippen LogP contribution in [0.1, 0.15) is 346 Å². The van der Waals surface area contributed by atoms with Crippen molar-refractivity contribution in [1.82, 2.24) is 0 Å². The smallest absolute Gasteiger partial charge is 0.0395 e. The Hall–Kier alpha value is -3.12. The normalized spacial score (nSPS) is 32.8. The van der Waals surface area contributed by atoms with Gasteiger partial charge in [-0.15, -0.1) is 0 Å². The first-order chi connectivity index (χ1) is 46.5. The third-order valence-electron chi connectivity index (χ3n) is 27.1.